The summed E-state index contributed by atoms with van der Waals surface area (Å²) in [6, 6.07) is 12.9. The monoisotopic (exact) mass is 284 g/mol. The van der Waals surface area contributed by atoms with Crippen molar-refractivity contribution in [3.05, 3.63) is 65.0 Å². The first-order chi connectivity index (χ1) is 10.1. The molecule has 1 amide bonds. The third-order valence-corrected chi connectivity index (χ3v) is 3.98. The fourth-order valence-electron chi connectivity index (χ4n) is 2.51. The molecule has 1 fully saturated rings. The summed E-state index contributed by atoms with van der Waals surface area (Å²) in [5, 5.41) is 2.93. The number of hydrogen-bond donors (Lipinski definition) is 2. The van der Waals surface area contributed by atoms with E-state index in [1.807, 2.05) is 18.2 Å². The zero-order chi connectivity index (χ0) is 15.0. The zero-order valence-electron chi connectivity index (χ0n) is 11.8. The molecule has 2 aromatic rings. The summed E-state index contributed by atoms with van der Waals surface area (Å²) in [6.07, 6.45) is 0.916. The van der Waals surface area contributed by atoms with Crippen LogP contribution in [0.1, 0.15) is 33.8 Å². The number of amides is 1. The maximum Gasteiger partial charge on any atom is 0.251 e. The molecule has 0 bridgehead atoms. The van der Waals surface area contributed by atoms with Crippen molar-refractivity contribution >= 4 is 11.6 Å². The van der Waals surface area contributed by atoms with Gasteiger partial charge in [0.15, 0.2) is 0 Å². The standard InChI is InChI=1S/C17H17FN2O/c1-10-14(18)7-12(8-15(10)19)17(21)20-16-9-13(16)11-5-3-2-4-6-11/h2-8,13,16H,9,19H2,1H3,(H,20,21). The average Bonchev–Trinajstić information content (AvgIpc) is 3.24. The molecule has 3 N–H and O–H groups in total. The molecule has 3 nitrogen and oxygen atoms in total. The first kappa shape index (κ1) is 13.6. The second kappa shape index (κ2) is 5.20. The molecule has 1 saturated carbocycles. The van der Waals surface area contributed by atoms with Gasteiger partial charge in [0.2, 0.25) is 0 Å². The van der Waals surface area contributed by atoms with E-state index in [9.17, 15) is 9.18 Å². The van der Waals surface area contributed by atoms with E-state index in [0.717, 1.165) is 6.42 Å². The van der Waals surface area contributed by atoms with Gasteiger partial charge in [-0.15, -0.1) is 0 Å². The summed E-state index contributed by atoms with van der Waals surface area (Å²) in [6.45, 7) is 1.60. The Morgan fingerprint density at radius 3 is 2.67 bits per heavy atom. The molecular formula is C17H17FN2O. The van der Waals surface area contributed by atoms with Gasteiger partial charge in [-0.2, -0.15) is 0 Å². The topological polar surface area (TPSA) is 55.1 Å². The molecule has 1 aliphatic rings. The van der Waals surface area contributed by atoms with Crippen molar-refractivity contribution in [2.24, 2.45) is 0 Å². The minimum absolute atomic E-state index is 0.116. The first-order valence-electron chi connectivity index (χ1n) is 6.97. The van der Waals surface area contributed by atoms with Crippen LogP contribution in [-0.4, -0.2) is 11.9 Å². The van der Waals surface area contributed by atoms with Crippen LogP contribution in [-0.2, 0) is 0 Å². The molecule has 0 aromatic heterocycles. The summed E-state index contributed by atoms with van der Waals surface area (Å²) in [5.41, 5.74) is 7.87. The maximum absolute atomic E-state index is 13.6. The van der Waals surface area contributed by atoms with E-state index in [1.54, 1.807) is 6.92 Å². The molecule has 1 aliphatic carbocycles. The average molecular weight is 284 g/mol. The van der Waals surface area contributed by atoms with E-state index in [0.29, 0.717) is 17.2 Å². The smallest absolute Gasteiger partial charge is 0.251 e. The summed E-state index contributed by atoms with van der Waals surface area (Å²) in [5.74, 6) is -0.373. The Hall–Kier alpha value is -2.36. The van der Waals surface area contributed by atoms with Gasteiger partial charge in [-0.1, -0.05) is 30.3 Å². The normalized spacial score (nSPS) is 20.1. The predicted octanol–water partition coefficient (Wildman–Crippen LogP) is 3.00. The largest absolute Gasteiger partial charge is 0.398 e. The number of hydrogen-bond acceptors (Lipinski definition) is 2. The summed E-state index contributed by atoms with van der Waals surface area (Å²) >= 11 is 0. The summed E-state index contributed by atoms with van der Waals surface area (Å²) < 4.78 is 13.6. The van der Waals surface area contributed by atoms with Gasteiger partial charge < -0.3 is 11.1 Å². The van der Waals surface area contributed by atoms with Crippen molar-refractivity contribution in [2.45, 2.75) is 25.3 Å². The fraction of sp³-hybridized carbons (Fsp3) is 0.235. The highest BCUT2D eigenvalue weighted by molar-refractivity contribution is 5.95. The van der Waals surface area contributed by atoms with Crippen molar-refractivity contribution < 1.29 is 9.18 Å². The lowest BCUT2D eigenvalue weighted by Crippen LogP contribution is -2.26. The van der Waals surface area contributed by atoms with Crippen LogP contribution in [0.3, 0.4) is 0 Å². The zero-order valence-corrected chi connectivity index (χ0v) is 11.8. The maximum atomic E-state index is 13.6. The van der Waals surface area contributed by atoms with E-state index in [4.69, 9.17) is 5.73 Å². The lowest BCUT2D eigenvalue weighted by atomic mass is 10.1. The Bertz CT molecular complexity index is 661. The van der Waals surface area contributed by atoms with Crippen LogP contribution in [0.4, 0.5) is 10.1 Å². The van der Waals surface area contributed by atoms with E-state index in [-0.39, 0.29) is 17.5 Å². The van der Waals surface area contributed by atoms with Gasteiger partial charge in [0.05, 0.1) is 0 Å². The number of nitrogens with one attached hydrogen (secondary N) is 1. The van der Waals surface area contributed by atoms with Crippen LogP contribution >= 0.6 is 0 Å². The number of anilines is 1. The summed E-state index contributed by atoms with van der Waals surface area (Å²) in [4.78, 5) is 12.2. The number of rotatable bonds is 3. The Morgan fingerprint density at radius 1 is 1.29 bits per heavy atom. The minimum atomic E-state index is -0.449. The summed E-state index contributed by atoms with van der Waals surface area (Å²) in [7, 11) is 0. The third-order valence-electron chi connectivity index (χ3n) is 3.98. The number of carbonyl (C=O) groups excluding carboxylic acids is 1. The Kier molecular flexibility index (Phi) is 3.37. The van der Waals surface area contributed by atoms with E-state index >= 15 is 0 Å². The van der Waals surface area contributed by atoms with Crippen LogP contribution in [0.5, 0.6) is 0 Å². The Balaban J connectivity index is 1.69. The van der Waals surface area contributed by atoms with Crippen LogP contribution in [0.15, 0.2) is 42.5 Å². The van der Waals surface area contributed by atoms with Gasteiger partial charge >= 0.3 is 0 Å². The van der Waals surface area contributed by atoms with E-state index in [2.05, 4.69) is 17.4 Å². The number of halogens is 1. The number of nitrogen functional groups attached to an aromatic ring is 1. The molecule has 21 heavy (non-hydrogen) atoms. The molecule has 0 heterocycles. The lowest BCUT2D eigenvalue weighted by molar-refractivity contribution is 0.0950. The lowest BCUT2D eigenvalue weighted by Gasteiger charge is -2.08. The fourth-order valence-corrected chi connectivity index (χ4v) is 2.51. The number of carbonyl (C=O) groups is 1. The van der Waals surface area contributed by atoms with E-state index in [1.165, 1.54) is 17.7 Å². The first-order valence-corrected chi connectivity index (χ1v) is 6.97. The van der Waals surface area contributed by atoms with Crippen LogP contribution in [0, 0.1) is 12.7 Å². The Morgan fingerprint density at radius 2 is 2.00 bits per heavy atom. The van der Waals surface area contributed by atoms with Gasteiger partial charge in [0.1, 0.15) is 5.82 Å². The predicted molar refractivity (Wildman–Crippen MR) is 80.6 cm³/mol. The number of nitrogens with two attached hydrogens (primary N) is 1. The molecule has 4 heteroatoms. The molecule has 2 unspecified atom stereocenters. The number of benzene rings is 2. The second-order valence-electron chi connectivity index (χ2n) is 5.51. The molecule has 0 spiro atoms. The molecule has 3 rings (SSSR count). The van der Waals surface area contributed by atoms with Crippen molar-refractivity contribution in [3.63, 3.8) is 0 Å². The Labute approximate surface area is 123 Å². The molecular weight excluding hydrogens is 267 g/mol. The van der Waals surface area contributed by atoms with Gasteiger partial charge in [0.25, 0.3) is 5.91 Å². The quantitative estimate of drug-likeness (QED) is 0.851. The minimum Gasteiger partial charge on any atom is -0.398 e. The second-order valence-corrected chi connectivity index (χ2v) is 5.51. The van der Waals surface area contributed by atoms with Gasteiger partial charge in [-0.25, -0.2) is 4.39 Å². The molecule has 0 saturated heterocycles. The van der Waals surface area contributed by atoms with Crippen molar-refractivity contribution in [1.29, 1.82) is 0 Å². The third kappa shape index (κ3) is 2.75. The highest BCUT2D eigenvalue weighted by Crippen LogP contribution is 2.40. The van der Waals surface area contributed by atoms with Gasteiger partial charge in [-0.05, 0) is 31.0 Å². The van der Waals surface area contributed by atoms with Gasteiger partial charge in [0, 0.05) is 28.8 Å². The molecule has 0 radical (unpaired) electrons. The molecule has 2 aromatic carbocycles. The molecule has 2 atom stereocenters. The van der Waals surface area contributed by atoms with Crippen molar-refractivity contribution in [2.75, 3.05) is 5.73 Å². The SMILES string of the molecule is Cc1c(N)cc(C(=O)NC2CC2c2ccccc2)cc1F. The van der Waals surface area contributed by atoms with Crippen molar-refractivity contribution in [1.82, 2.24) is 5.32 Å². The highest BCUT2D eigenvalue weighted by Gasteiger charge is 2.39. The van der Waals surface area contributed by atoms with Crippen LogP contribution in [0.25, 0.3) is 0 Å². The molecule has 108 valence electrons. The van der Waals surface area contributed by atoms with Crippen LogP contribution < -0.4 is 11.1 Å². The van der Waals surface area contributed by atoms with Crippen LogP contribution in [0.2, 0.25) is 0 Å². The van der Waals surface area contributed by atoms with Gasteiger partial charge in [-0.3, -0.25) is 4.79 Å². The van der Waals surface area contributed by atoms with E-state index < -0.39 is 5.82 Å². The molecule has 0 aliphatic heterocycles. The highest BCUT2D eigenvalue weighted by atomic mass is 19.1. The van der Waals surface area contributed by atoms with Crippen molar-refractivity contribution in [3.8, 4) is 0 Å².